The second-order valence-electron chi connectivity index (χ2n) is 10.2. The molecule has 3 fully saturated rings. The first-order valence-corrected chi connectivity index (χ1v) is 13.6. The Balaban J connectivity index is 1.27. The Morgan fingerprint density at radius 3 is 2.61 bits per heavy atom. The molecule has 7 nitrogen and oxygen atoms in total. The van der Waals surface area contributed by atoms with Gasteiger partial charge in [-0.3, -0.25) is 4.68 Å². The number of aromatic nitrogens is 5. The van der Waals surface area contributed by atoms with E-state index in [1.165, 1.54) is 11.3 Å². The molecule has 1 aromatic carbocycles. The van der Waals surface area contributed by atoms with Crippen molar-refractivity contribution >= 4 is 26.8 Å². The maximum Gasteiger partial charge on any atom is 0.416 e. The highest BCUT2D eigenvalue weighted by molar-refractivity contribution is 7.22. The van der Waals surface area contributed by atoms with E-state index in [0.29, 0.717) is 47.7 Å². The van der Waals surface area contributed by atoms with Gasteiger partial charge in [0.25, 0.3) is 0 Å². The molecule has 2 atom stereocenters. The summed E-state index contributed by atoms with van der Waals surface area (Å²) in [7, 11) is 0. The summed E-state index contributed by atoms with van der Waals surface area (Å²) < 4.78 is 63.4. The number of thiazole rings is 1. The SMILES string of the molecule is Fc1cc(C(F)(F)F)ccc1-c1nc(C2CCOC(c3cnn(C4CC4)c3)C2)nc2nc(N3CCC3)sc12. The molecule has 12 heteroatoms. The van der Waals surface area contributed by atoms with Gasteiger partial charge in [-0.25, -0.2) is 14.4 Å². The summed E-state index contributed by atoms with van der Waals surface area (Å²) in [6.07, 6.45) is 3.73. The van der Waals surface area contributed by atoms with Crippen LogP contribution in [0, 0.1) is 5.82 Å². The molecule has 1 saturated carbocycles. The molecular weight excluding hydrogens is 520 g/mol. The molecule has 1 aliphatic carbocycles. The van der Waals surface area contributed by atoms with Crippen molar-refractivity contribution in [3.05, 3.63) is 53.4 Å². The molecule has 0 spiro atoms. The normalized spacial score (nSPS) is 22.2. The van der Waals surface area contributed by atoms with E-state index in [1.54, 1.807) is 0 Å². The number of benzene rings is 1. The predicted molar refractivity (Wildman–Crippen MR) is 134 cm³/mol. The Morgan fingerprint density at radius 1 is 1.05 bits per heavy atom. The minimum absolute atomic E-state index is 0.0137. The number of ether oxygens (including phenoxy) is 1. The highest BCUT2D eigenvalue weighted by Crippen LogP contribution is 2.42. The summed E-state index contributed by atoms with van der Waals surface area (Å²) >= 11 is 1.35. The van der Waals surface area contributed by atoms with E-state index >= 15 is 4.39 Å². The molecule has 0 radical (unpaired) electrons. The van der Waals surface area contributed by atoms with Crippen molar-refractivity contribution in [1.29, 1.82) is 0 Å². The Kier molecular flexibility index (Phi) is 5.66. The number of halogens is 4. The van der Waals surface area contributed by atoms with Gasteiger partial charge in [0.15, 0.2) is 10.8 Å². The van der Waals surface area contributed by atoms with Gasteiger partial charge in [0, 0.05) is 42.9 Å². The maximum atomic E-state index is 15.2. The van der Waals surface area contributed by atoms with Gasteiger partial charge < -0.3 is 9.64 Å². The molecule has 4 aromatic rings. The fraction of sp³-hybridized carbons (Fsp3) is 0.462. The summed E-state index contributed by atoms with van der Waals surface area (Å²) in [4.78, 5) is 16.4. The van der Waals surface area contributed by atoms with Crippen LogP contribution in [0.3, 0.4) is 0 Å². The lowest BCUT2D eigenvalue weighted by atomic mass is 9.92. The van der Waals surface area contributed by atoms with Gasteiger partial charge in [0.2, 0.25) is 0 Å². The van der Waals surface area contributed by atoms with Crippen molar-refractivity contribution in [3.63, 3.8) is 0 Å². The van der Waals surface area contributed by atoms with Gasteiger partial charge in [0.05, 0.1) is 29.6 Å². The molecule has 3 aromatic heterocycles. The van der Waals surface area contributed by atoms with Crippen LogP contribution >= 0.6 is 11.3 Å². The summed E-state index contributed by atoms with van der Waals surface area (Å²) in [5, 5.41) is 5.25. The number of hydrogen-bond donors (Lipinski definition) is 0. The first kappa shape index (κ1) is 24.0. The average Bonchev–Trinajstić information content (AvgIpc) is 3.43. The van der Waals surface area contributed by atoms with E-state index in [0.717, 1.165) is 55.2 Å². The predicted octanol–water partition coefficient (Wildman–Crippen LogP) is 6.29. The van der Waals surface area contributed by atoms with Gasteiger partial charge in [-0.05, 0) is 50.3 Å². The van der Waals surface area contributed by atoms with Crippen molar-refractivity contribution < 1.29 is 22.3 Å². The molecular formula is C26H24F4N6OS. The third-order valence-electron chi connectivity index (χ3n) is 7.50. The fourth-order valence-corrected chi connectivity index (χ4v) is 6.10. The van der Waals surface area contributed by atoms with E-state index in [4.69, 9.17) is 19.7 Å². The number of nitrogens with zero attached hydrogens (tertiary/aromatic N) is 6. The van der Waals surface area contributed by atoms with E-state index in [2.05, 4.69) is 10.00 Å². The molecule has 38 heavy (non-hydrogen) atoms. The minimum atomic E-state index is -4.63. The van der Waals surface area contributed by atoms with Crippen LogP contribution in [0.15, 0.2) is 30.6 Å². The summed E-state index contributed by atoms with van der Waals surface area (Å²) in [6.45, 7) is 2.26. The topological polar surface area (TPSA) is 69.0 Å². The lowest BCUT2D eigenvalue weighted by Crippen LogP contribution is -2.36. The van der Waals surface area contributed by atoms with Crippen molar-refractivity contribution in [2.75, 3.05) is 24.6 Å². The van der Waals surface area contributed by atoms with Crippen molar-refractivity contribution in [1.82, 2.24) is 24.7 Å². The lowest BCUT2D eigenvalue weighted by molar-refractivity contribution is -0.137. The lowest BCUT2D eigenvalue weighted by Gasteiger charge is -2.30. The molecule has 5 heterocycles. The highest BCUT2D eigenvalue weighted by Gasteiger charge is 2.34. The van der Waals surface area contributed by atoms with Crippen LogP contribution in [0.1, 0.15) is 67.1 Å². The number of hydrogen-bond acceptors (Lipinski definition) is 7. The van der Waals surface area contributed by atoms with Crippen LogP contribution in [0.5, 0.6) is 0 Å². The van der Waals surface area contributed by atoms with Crippen molar-refractivity contribution in [2.24, 2.45) is 0 Å². The van der Waals surface area contributed by atoms with Crippen LogP contribution in [-0.4, -0.2) is 44.4 Å². The molecule has 2 saturated heterocycles. The third kappa shape index (κ3) is 4.33. The van der Waals surface area contributed by atoms with E-state index in [-0.39, 0.29) is 23.3 Å². The van der Waals surface area contributed by atoms with Gasteiger partial charge >= 0.3 is 6.18 Å². The molecule has 0 N–H and O–H groups in total. The Labute approximate surface area is 219 Å². The van der Waals surface area contributed by atoms with Crippen LogP contribution in [0.4, 0.5) is 22.7 Å². The molecule has 2 aliphatic heterocycles. The van der Waals surface area contributed by atoms with E-state index < -0.39 is 17.6 Å². The summed E-state index contributed by atoms with van der Waals surface area (Å²) in [6, 6.07) is 3.06. The number of fused-ring (bicyclic) bond motifs is 1. The second kappa shape index (κ2) is 8.98. The van der Waals surface area contributed by atoms with Crippen LogP contribution in [-0.2, 0) is 10.9 Å². The molecule has 0 amide bonds. The summed E-state index contributed by atoms with van der Waals surface area (Å²) in [5.41, 5.74) is 0.713. The molecule has 3 aliphatic rings. The molecule has 198 valence electrons. The zero-order valence-corrected chi connectivity index (χ0v) is 21.1. The fourth-order valence-electron chi connectivity index (χ4n) is 5.04. The zero-order valence-electron chi connectivity index (χ0n) is 20.3. The monoisotopic (exact) mass is 544 g/mol. The second-order valence-corrected chi connectivity index (χ2v) is 11.2. The van der Waals surface area contributed by atoms with Crippen LogP contribution in [0.2, 0.25) is 0 Å². The Hall–Kier alpha value is -3.12. The third-order valence-corrected chi connectivity index (χ3v) is 8.61. The van der Waals surface area contributed by atoms with Crippen LogP contribution in [0.25, 0.3) is 21.6 Å². The molecule has 0 bridgehead atoms. The minimum Gasteiger partial charge on any atom is -0.373 e. The Bertz CT molecular complexity index is 1510. The average molecular weight is 545 g/mol. The molecule has 7 rings (SSSR count). The van der Waals surface area contributed by atoms with Crippen molar-refractivity contribution in [2.45, 2.75) is 56.3 Å². The summed E-state index contributed by atoms with van der Waals surface area (Å²) in [5.74, 6) is -0.537. The number of alkyl halides is 3. The first-order valence-electron chi connectivity index (χ1n) is 12.8. The number of rotatable bonds is 5. The highest BCUT2D eigenvalue weighted by atomic mass is 32.1. The van der Waals surface area contributed by atoms with Gasteiger partial charge in [-0.2, -0.15) is 23.3 Å². The quantitative estimate of drug-likeness (QED) is 0.275. The molecule has 2 unspecified atom stereocenters. The number of anilines is 1. The Morgan fingerprint density at radius 2 is 1.89 bits per heavy atom. The maximum absolute atomic E-state index is 15.2. The van der Waals surface area contributed by atoms with Crippen molar-refractivity contribution in [3.8, 4) is 11.3 Å². The van der Waals surface area contributed by atoms with Gasteiger partial charge in [0.1, 0.15) is 16.3 Å². The smallest absolute Gasteiger partial charge is 0.373 e. The largest absolute Gasteiger partial charge is 0.416 e. The van der Waals surface area contributed by atoms with Crippen LogP contribution < -0.4 is 4.90 Å². The zero-order chi connectivity index (χ0) is 26.0. The van der Waals surface area contributed by atoms with E-state index in [1.807, 2.05) is 17.1 Å². The van der Waals surface area contributed by atoms with Gasteiger partial charge in [-0.1, -0.05) is 11.3 Å². The standard InChI is InChI=1S/C26H24F4N6OS/c27-19-11-16(26(28,29)30)2-5-18(19)21-22-24(34-25(38-22)35-7-1-8-35)33-23(32-21)14-6-9-37-20(10-14)15-12-31-36(13-15)17-3-4-17/h2,5,11-14,17,20H,1,3-4,6-10H2. The van der Waals surface area contributed by atoms with E-state index in [9.17, 15) is 13.2 Å². The first-order chi connectivity index (χ1) is 18.3. The van der Waals surface area contributed by atoms with Gasteiger partial charge in [-0.15, -0.1) is 0 Å².